The van der Waals surface area contributed by atoms with Gasteiger partial charge < -0.3 is 9.80 Å². The standard InChI is InChI=1S/C52H50N2/c1-5-7-13-39-23-31-43(32-24-39)53(41-27-19-37(3)20-28-41)51-35-49-46-16-10-12-18-48(46)52(36-50(49)45-15-9-11-17-47(45)51)54(42-29-21-38(4)22-30-42)44-33-25-40(26-34-44)14-8-6-2/h9-12,15-36H,5-8,13-14H2,1-4H3. The van der Waals surface area contributed by atoms with E-state index in [4.69, 9.17) is 0 Å². The molecule has 0 heterocycles. The Kier molecular flexibility index (Phi) is 10.2. The highest BCUT2D eigenvalue weighted by atomic mass is 15.1. The highest BCUT2D eigenvalue weighted by molar-refractivity contribution is 6.24. The van der Waals surface area contributed by atoms with Gasteiger partial charge in [0.05, 0.1) is 11.4 Å². The van der Waals surface area contributed by atoms with Gasteiger partial charge in [0.25, 0.3) is 0 Å². The second-order valence-corrected chi connectivity index (χ2v) is 14.9. The summed E-state index contributed by atoms with van der Waals surface area (Å²) in [7, 11) is 0. The number of anilines is 6. The molecule has 0 radical (unpaired) electrons. The molecule has 0 aliphatic heterocycles. The summed E-state index contributed by atoms with van der Waals surface area (Å²) >= 11 is 0. The second-order valence-electron chi connectivity index (χ2n) is 14.9. The summed E-state index contributed by atoms with van der Waals surface area (Å²) in [4.78, 5) is 4.90. The van der Waals surface area contributed by atoms with E-state index in [-0.39, 0.29) is 0 Å². The zero-order chi connectivity index (χ0) is 37.0. The Balaban J connectivity index is 1.38. The molecule has 2 heteroatoms. The molecule has 0 amide bonds. The second kappa shape index (κ2) is 15.6. The van der Waals surface area contributed by atoms with Crippen LogP contribution in [0.2, 0.25) is 0 Å². The fourth-order valence-corrected chi connectivity index (χ4v) is 7.91. The lowest BCUT2D eigenvalue weighted by molar-refractivity contribution is 0.795. The first-order valence-electron chi connectivity index (χ1n) is 19.8. The van der Waals surface area contributed by atoms with E-state index in [2.05, 4.69) is 195 Å². The van der Waals surface area contributed by atoms with Crippen molar-refractivity contribution in [2.75, 3.05) is 9.80 Å². The SMILES string of the molecule is CCCCc1ccc(N(c2ccc(C)cc2)c2cc3c4ccccc4c(N(c4ccc(C)cc4)c4ccc(CCCC)cc4)cc3c3ccccc23)cc1. The van der Waals surface area contributed by atoms with Gasteiger partial charge in [-0.2, -0.15) is 0 Å². The van der Waals surface area contributed by atoms with Crippen LogP contribution in [-0.2, 0) is 12.8 Å². The summed E-state index contributed by atoms with van der Waals surface area (Å²) in [5.74, 6) is 0. The van der Waals surface area contributed by atoms with Crippen LogP contribution in [0.3, 0.4) is 0 Å². The normalized spacial score (nSPS) is 11.4. The van der Waals surface area contributed by atoms with Crippen LogP contribution < -0.4 is 9.80 Å². The molecule has 0 fully saturated rings. The van der Waals surface area contributed by atoms with E-state index in [0.717, 1.165) is 35.6 Å². The summed E-state index contributed by atoms with van der Waals surface area (Å²) in [6.07, 6.45) is 7.02. The lowest BCUT2D eigenvalue weighted by Gasteiger charge is -2.30. The largest absolute Gasteiger partial charge is 0.310 e. The molecule has 0 N–H and O–H groups in total. The van der Waals surface area contributed by atoms with E-state index in [1.165, 1.54) is 91.6 Å². The number of rotatable bonds is 12. The van der Waals surface area contributed by atoms with E-state index in [0.29, 0.717) is 0 Å². The van der Waals surface area contributed by atoms with Crippen molar-refractivity contribution in [3.8, 4) is 0 Å². The predicted octanol–water partition coefficient (Wildman–Crippen LogP) is 15.4. The number of unbranched alkanes of at least 4 members (excludes halogenated alkanes) is 2. The summed E-state index contributed by atoms with van der Waals surface area (Å²) in [5.41, 5.74) is 12.3. The zero-order valence-electron chi connectivity index (χ0n) is 32.1. The quantitative estimate of drug-likeness (QED) is 0.117. The summed E-state index contributed by atoms with van der Waals surface area (Å²) < 4.78 is 0. The molecular formula is C52H50N2. The van der Waals surface area contributed by atoms with Crippen LogP contribution in [0.25, 0.3) is 32.3 Å². The lowest BCUT2D eigenvalue weighted by Crippen LogP contribution is -2.12. The molecule has 0 bridgehead atoms. The van der Waals surface area contributed by atoms with E-state index in [1.807, 2.05) is 0 Å². The molecule has 0 aliphatic rings. The maximum atomic E-state index is 2.45. The molecule has 268 valence electrons. The highest BCUT2D eigenvalue weighted by Gasteiger charge is 2.22. The number of aryl methyl sites for hydroxylation is 4. The van der Waals surface area contributed by atoms with Gasteiger partial charge >= 0.3 is 0 Å². The van der Waals surface area contributed by atoms with Crippen LogP contribution in [0, 0.1) is 13.8 Å². The Morgan fingerprint density at radius 3 is 1.00 bits per heavy atom. The van der Waals surface area contributed by atoms with Crippen molar-refractivity contribution in [2.24, 2.45) is 0 Å². The molecule has 54 heavy (non-hydrogen) atoms. The third kappa shape index (κ3) is 6.97. The molecule has 0 saturated heterocycles. The van der Waals surface area contributed by atoms with Gasteiger partial charge in [-0.3, -0.25) is 0 Å². The van der Waals surface area contributed by atoms with Crippen molar-refractivity contribution in [3.63, 3.8) is 0 Å². The minimum absolute atomic E-state index is 1.11. The van der Waals surface area contributed by atoms with Gasteiger partial charge in [-0.1, -0.05) is 135 Å². The molecule has 8 rings (SSSR count). The first-order valence-corrected chi connectivity index (χ1v) is 19.8. The number of fused-ring (bicyclic) bond motifs is 5. The van der Waals surface area contributed by atoms with Crippen molar-refractivity contribution in [3.05, 3.63) is 180 Å². The Hall–Kier alpha value is -5.86. The molecule has 8 aromatic carbocycles. The summed E-state index contributed by atoms with van der Waals surface area (Å²) in [6.45, 7) is 8.84. The van der Waals surface area contributed by atoms with E-state index >= 15 is 0 Å². The highest BCUT2D eigenvalue weighted by Crippen LogP contribution is 2.47. The molecule has 0 aromatic heterocycles. The third-order valence-electron chi connectivity index (χ3n) is 10.9. The van der Waals surface area contributed by atoms with Crippen LogP contribution in [0.4, 0.5) is 34.1 Å². The average Bonchev–Trinajstić information content (AvgIpc) is 3.22. The molecule has 2 nitrogen and oxygen atoms in total. The van der Waals surface area contributed by atoms with Gasteiger partial charge in [0.15, 0.2) is 0 Å². The smallest absolute Gasteiger partial charge is 0.0546 e. The van der Waals surface area contributed by atoms with Gasteiger partial charge in [-0.25, -0.2) is 0 Å². The average molecular weight is 703 g/mol. The maximum absolute atomic E-state index is 2.45. The number of nitrogens with zero attached hydrogens (tertiary/aromatic N) is 2. The maximum Gasteiger partial charge on any atom is 0.0546 e. The number of hydrogen-bond acceptors (Lipinski definition) is 2. The molecule has 0 unspecified atom stereocenters. The summed E-state index contributed by atoms with van der Waals surface area (Å²) in [6, 6.07) is 59.2. The zero-order valence-corrected chi connectivity index (χ0v) is 32.1. The first-order chi connectivity index (χ1) is 26.5. The van der Waals surface area contributed by atoms with Gasteiger partial charge in [0, 0.05) is 33.5 Å². The van der Waals surface area contributed by atoms with E-state index < -0.39 is 0 Å². The molecule has 0 atom stereocenters. The van der Waals surface area contributed by atoms with Crippen LogP contribution in [-0.4, -0.2) is 0 Å². The fourth-order valence-electron chi connectivity index (χ4n) is 7.91. The molecule has 8 aromatic rings. The number of benzene rings is 8. The van der Waals surface area contributed by atoms with E-state index in [1.54, 1.807) is 0 Å². The fraction of sp³-hybridized carbons (Fsp3) is 0.192. The Labute approximate surface area is 321 Å². The van der Waals surface area contributed by atoms with Crippen molar-refractivity contribution in [2.45, 2.75) is 66.2 Å². The Morgan fingerprint density at radius 1 is 0.352 bits per heavy atom. The molecule has 0 spiro atoms. The van der Waals surface area contributed by atoms with Gasteiger partial charge in [0.2, 0.25) is 0 Å². The first kappa shape index (κ1) is 35.2. The minimum Gasteiger partial charge on any atom is -0.310 e. The Morgan fingerprint density at radius 2 is 0.667 bits per heavy atom. The van der Waals surface area contributed by atoms with Crippen LogP contribution in [0.15, 0.2) is 158 Å². The van der Waals surface area contributed by atoms with Crippen LogP contribution in [0.1, 0.15) is 61.8 Å². The summed E-state index contributed by atoms with van der Waals surface area (Å²) in [5, 5.41) is 7.44. The third-order valence-corrected chi connectivity index (χ3v) is 10.9. The monoisotopic (exact) mass is 702 g/mol. The van der Waals surface area contributed by atoms with Crippen molar-refractivity contribution in [1.82, 2.24) is 0 Å². The van der Waals surface area contributed by atoms with Crippen molar-refractivity contribution in [1.29, 1.82) is 0 Å². The van der Waals surface area contributed by atoms with Gasteiger partial charge in [0.1, 0.15) is 0 Å². The Bertz CT molecular complexity index is 2330. The molecular weight excluding hydrogens is 653 g/mol. The minimum atomic E-state index is 1.11. The topological polar surface area (TPSA) is 6.48 Å². The van der Waals surface area contributed by atoms with Crippen LogP contribution >= 0.6 is 0 Å². The predicted molar refractivity (Wildman–Crippen MR) is 235 cm³/mol. The van der Waals surface area contributed by atoms with Crippen molar-refractivity contribution >= 4 is 66.4 Å². The van der Waals surface area contributed by atoms with Crippen molar-refractivity contribution < 1.29 is 0 Å². The van der Waals surface area contributed by atoms with Gasteiger partial charge in [-0.05, 0) is 133 Å². The van der Waals surface area contributed by atoms with Gasteiger partial charge in [-0.15, -0.1) is 0 Å². The lowest BCUT2D eigenvalue weighted by atomic mass is 9.93. The van der Waals surface area contributed by atoms with E-state index in [9.17, 15) is 0 Å². The van der Waals surface area contributed by atoms with Crippen LogP contribution in [0.5, 0.6) is 0 Å². The molecule has 0 saturated carbocycles. The molecule has 0 aliphatic carbocycles. The number of hydrogen-bond donors (Lipinski definition) is 0.